The quantitative estimate of drug-likeness (QED) is 0.570. The van der Waals surface area contributed by atoms with Gasteiger partial charge < -0.3 is 15.2 Å². The largest absolute Gasteiger partial charge is 0.382 e. The minimum absolute atomic E-state index is 0.256. The molecule has 11 heavy (non-hydrogen) atoms. The minimum Gasteiger partial charge on any atom is -0.382 e. The first-order chi connectivity index (χ1) is 5.34. The molecule has 0 aliphatic heterocycles. The zero-order valence-electron chi connectivity index (χ0n) is 7.08. The van der Waals surface area contributed by atoms with E-state index in [0.717, 1.165) is 5.92 Å². The number of nitrogens with two attached hydrogens (primary N) is 1. The molecule has 0 spiro atoms. The third kappa shape index (κ3) is 3.70. The predicted octanol–water partition coefficient (Wildman–Crippen LogP) is 0.387. The Morgan fingerprint density at radius 3 is 2.73 bits per heavy atom. The fourth-order valence-corrected chi connectivity index (χ4v) is 1.02. The van der Waals surface area contributed by atoms with E-state index in [2.05, 4.69) is 0 Å². The fourth-order valence-electron chi connectivity index (χ4n) is 1.02. The van der Waals surface area contributed by atoms with Crippen molar-refractivity contribution < 1.29 is 9.47 Å². The smallest absolute Gasteiger partial charge is 0.0701 e. The monoisotopic (exact) mass is 159 g/mol. The molecule has 1 fully saturated rings. The standard InChI is InChI=1S/C8H17NO2/c1-10-4-5-11-6-8(9)7-2-3-7/h7-8H,2-6,9H2,1H3. The van der Waals surface area contributed by atoms with Crippen LogP contribution in [-0.2, 0) is 9.47 Å². The average molecular weight is 159 g/mol. The van der Waals surface area contributed by atoms with Crippen molar-refractivity contribution in [1.82, 2.24) is 0 Å². The van der Waals surface area contributed by atoms with E-state index in [1.807, 2.05) is 0 Å². The van der Waals surface area contributed by atoms with Crippen LogP contribution in [0.25, 0.3) is 0 Å². The van der Waals surface area contributed by atoms with Crippen LogP contribution in [0.4, 0.5) is 0 Å². The lowest BCUT2D eigenvalue weighted by atomic mass is 10.2. The van der Waals surface area contributed by atoms with Gasteiger partial charge in [-0.1, -0.05) is 0 Å². The third-order valence-corrected chi connectivity index (χ3v) is 1.97. The number of rotatable bonds is 6. The van der Waals surface area contributed by atoms with Gasteiger partial charge >= 0.3 is 0 Å². The molecule has 66 valence electrons. The highest BCUT2D eigenvalue weighted by Crippen LogP contribution is 2.31. The molecule has 1 rings (SSSR count). The van der Waals surface area contributed by atoms with Crippen molar-refractivity contribution in [3.05, 3.63) is 0 Å². The van der Waals surface area contributed by atoms with Crippen LogP contribution < -0.4 is 5.73 Å². The second-order valence-electron chi connectivity index (χ2n) is 3.07. The highest BCUT2D eigenvalue weighted by atomic mass is 16.5. The van der Waals surface area contributed by atoms with Crippen LogP contribution >= 0.6 is 0 Å². The second-order valence-corrected chi connectivity index (χ2v) is 3.07. The van der Waals surface area contributed by atoms with Gasteiger partial charge in [0.05, 0.1) is 19.8 Å². The van der Waals surface area contributed by atoms with E-state index in [4.69, 9.17) is 15.2 Å². The van der Waals surface area contributed by atoms with Crippen molar-refractivity contribution in [2.75, 3.05) is 26.9 Å². The average Bonchev–Trinajstić information content (AvgIpc) is 2.79. The molecule has 1 atom stereocenters. The van der Waals surface area contributed by atoms with Crippen LogP contribution in [-0.4, -0.2) is 33.0 Å². The van der Waals surface area contributed by atoms with E-state index in [1.54, 1.807) is 7.11 Å². The van der Waals surface area contributed by atoms with Gasteiger partial charge in [0.1, 0.15) is 0 Å². The Labute approximate surface area is 67.9 Å². The summed E-state index contributed by atoms with van der Waals surface area (Å²) in [6, 6.07) is 0.256. The Morgan fingerprint density at radius 1 is 1.45 bits per heavy atom. The summed E-state index contributed by atoms with van der Waals surface area (Å²) >= 11 is 0. The lowest BCUT2D eigenvalue weighted by Crippen LogP contribution is -2.28. The van der Waals surface area contributed by atoms with Crippen LogP contribution in [0.3, 0.4) is 0 Å². The van der Waals surface area contributed by atoms with E-state index in [0.29, 0.717) is 19.8 Å². The van der Waals surface area contributed by atoms with Crippen molar-refractivity contribution in [3.63, 3.8) is 0 Å². The molecule has 0 aromatic heterocycles. The van der Waals surface area contributed by atoms with E-state index < -0.39 is 0 Å². The minimum atomic E-state index is 0.256. The summed E-state index contributed by atoms with van der Waals surface area (Å²) in [6.45, 7) is 2.02. The van der Waals surface area contributed by atoms with Gasteiger partial charge in [0.15, 0.2) is 0 Å². The van der Waals surface area contributed by atoms with Gasteiger partial charge in [-0.2, -0.15) is 0 Å². The predicted molar refractivity (Wildman–Crippen MR) is 43.4 cm³/mol. The van der Waals surface area contributed by atoms with Crippen molar-refractivity contribution in [2.24, 2.45) is 11.7 Å². The molecule has 2 N–H and O–H groups in total. The van der Waals surface area contributed by atoms with Crippen molar-refractivity contribution >= 4 is 0 Å². The molecule has 0 heterocycles. The van der Waals surface area contributed by atoms with Gasteiger partial charge in [-0.3, -0.25) is 0 Å². The Bertz CT molecular complexity index is 104. The maximum absolute atomic E-state index is 5.80. The summed E-state index contributed by atoms with van der Waals surface area (Å²) in [5.74, 6) is 0.734. The van der Waals surface area contributed by atoms with Crippen molar-refractivity contribution in [2.45, 2.75) is 18.9 Å². The van der Waals surface area contributed by atoms with Crippen molar-refractivity contribution in [1.29, 1.82) is 0 Å². The first-order valence-corrected chi connectivity index (χ1v) is 4.17. The first-order valence-electron chi connectivity index (χ1n) is 4.17. The molecule has 0 bridgehead atoms. The summed E-state index contributed by atoms with van der Waals surface area (Å²) in [5.41, 5.74) is 5.80. The molecule has 3 heteroatoms. The first kappa shape index (κ1) is 8.97. The molecule has 0 saturated heterocycles. The Kier molecular flexibility index (Phi) is 3.83. The summed E-state index contributed by atoms with van der Waals surface area (Å²) in [7, 11) is 1.67. The lowest BCUT2D eigenvalue weighted by Gasteiger charge is -2.09. The van der Waals surface area contributed by atoms with E-state index in [1.165, 1.54) is 12.8 Å². The van der Waals surface area contributed by atoms with E-state index in [9.17, 15) is 0 Å². The topological polar surface area (TPSA) is 44.5 Å². The maximum atomic E-state index is 5.80. The summed E-state index contributed by atoms with van der Waals surface area (Å²) in [4.78, 5) is 0. The zero-order valence-corrected chi connectivity index (χ0v) is 7.08. The zero-order chi connectivity index (χ0) is 8.10. The highest BCUT2D eigenvalue weighted by Gasteiger charge is 2.28. The van der Waals surface area contributed by atoms with Crippen LogP contribution in [0.15, 0.2) is 0 Å². The van der Waals surface area contributed by atoms with Gasteiger partial charge in [0.2, 0.25) is 0 Å². The van der Waals surface area contributed by atoms with Gasteiger partial charge in [-0.15, -0.1) is 0 Å². The van der Waals surface area contributed by atoms with Crippen molar-refractivity contribution in [3.8, 4) is 0 Å². The number of hydrogen-bond acceptors (Lipinski definition) is 3. The van der Waals surface area contributed by atoms with E-state index in [-0.39, 0.29) is 6.04 Å². The van der Waals surface area contributed by atoms with Crippen LogP contribution in [0, 0.1) is 5.92 Å². The summed E-state index contributed by atoms with van der Waals surface area (Å²) in [6.07, 6.45) is 2.57. The number of hydrogen-bond donors (Lipinski definition) is 1. The molecule has 3 nitrogen and oxygen atoms in total. The van der Waals surface area contributed by atoms with Crippen LogP contribution in [0.1, 0.15) is 12.8 Å². The Hall–Kier alpha value is -0.120. The molecular weight excluding hydrogens is 142 g/mol. The van der Waals surface area contributed by atoms with Gasteiger partial charge in [-0.25, -0.2) is 0 Å². The van der Waals surface area contributed by atoms with Gasteiger partial charge in [0.25, 0.3) is 0 Å². The highest BCUT2D eigenvalue weighted by molar-refractivity contribution is 4.83. The molecule has 0 radical (unpaired) electrons. The Balaban J connectivity index is 1.85. The molecule has 0 aromatic carbocycles. The summed E-state index contributed by atoms with van der Waals surface area (Å²) in [5, 5.41) is 0. The molecule has 1 unspecified atom stereocenters. The van der Waals surface area contributed by atoms with E-state index >= 15 is 0 Å². The molecule has 1 aliphatic rings. The normalized spacial score (nSPS) is 20.2. The maximum Gasteiger partial charge on any atom is 0.0701 e. The molecule has 0 amide bonds. The fraction of sp³-hybridized carbons (Fsp3) is 1.00. The number of methoxy groups -OCH3 is 1. The number of ether oxygens (including phenoxy) is 2. The van der Waals surface area contributed by atoms with Gasteiger partial charge in [-0.05, 0) is 18.8 Å². The third-order valence-electron chi connectivity index (χ3n) is 1.97. The molecular formula is C8H17NO2. The molecule has 1 aliphatic carbocycles. The van der Waals surface area contributed by atoms with Crippen LogP contribution in [0.5, 0.6) is 0 Å². The lowest BCUT2D eigenvalue weighted by molar-refractivity contribution is 0.0611. The van der Waals surface area contributed by atoms with Crippen LogP contribution in [0.2, 0.25) is 0 Å². The van der Waals surface area contributed by atoms with Gasteiger partial charge in [0, 0.05) is 13.2 Å². The molecule has 1 saturated carbocycles. The Morgan fingerprint density at radius 2 is 2.18 bits per heavy atom. The second kappa shape index (κ2) is 4.70. The SMILES string of the molecule is COCCOCC(N)C1CC1. The molecule has 0 aromatic rings. The summed E-state index contributed by atoms with van der Waals surface area (Å²) < 4.78 is 10.1.